The average Bonchev–Trinajstić information content (AvgIpc) is 3.08. The van der Waals surface area contributed by atoms with Crippen LogP contribution in [0.1, 0.15) is 72.6 Å². The van der Waals surface area contributed by atoms with Gasteiger partial charge in [-0.15, -0.1) is 0 Å². The van der Waals surface area contributed by atoms with Gasteiger partial charge in [0.2, 0.25) is 5.91 Å². The van der Waals surface area contributed by atoms with Crippen LogP contribution in [0.5, 0.6) is 0 Å². The highest BCUT2D eigenvalue weighted by atomic mass is 32.2. The fourth-order valence-electron chi connectivity index (χ4n) is 8.17. The Labute approximate surface area is 191 Å². The molecule has 5 heteroatoms. The number of carbonyl (C=O) groups excluding carboxylic acids is 3. The molecule has 1 N–H and O–H groups in total. The van der Waals surface area contributed by atoms with E-state index < -0.39 is 0 Å². The molecule has 0 bridgehead atoms. The maximum Gasteiger partial charge on any atom is 0.216 e. The lowest BCUT2D eigenvalue weighted by molar-refractivity contribution is -0.124. The predicted octanol–water partition coefficient (Wildman–Crippen LogP) is 5.02. The van der Waals surface area contributed by atoms with E-state index >= 15 is 0 Å². The Morgan fingerprint density at radius 2 is 1.94 bits per heavy atom. The highest BCUT2D eigenvalue weighted by Gasteiger charge is 2.60. The Morgan fingerprint density at radius 3 is 2.68 bits per heavy atom. The van der Waals surface area contributed by atoms with E-state index in [1.807, 2.05) is 6.08 Å². The van der Waals surface area contributed by atoms with Crippen LogP contribution in [0.15, 0.2) is 12.2 Å². The van der Waals surface area contributed by atoms with Crippen molar-refractivity contribution in [3.8, 4) is 0 Å². The van der Waals surface area contributed by atoms with Crippen molar-refractivity contribution in [2.24, 2.45) is 46.3 Å². The van der Waals surface area contributed by atoms with E-state index in [0.717, 1.165) is 18.8 Å². The van der Waals surface area contributed by atoms with Crippen LogP contribution in [-0.2, 0) is 14.4 Å². The van der Waals surface area contributed by atoms with Gasteiger partial charge in [-0.1, -0.05) is 38.6 Å². The summed E-state index contributed by atoms with van der Waals surface area (Å²) in [4.78, 5) is 36.0. The van der Waals surface area contributed by atoms with Gasteiger partial charge in [-0.2, -0.15) is 0 Å². The monoisotopic (exact) mass is 445 g/mol. The van der Waals surface area contributed by atoms with Crippen LogP contribution >= 0.6 is 11.8 Å². The minimum Gasteiger partial charge on any atom is -0.356 e. The molecular weight excluding hydrogens is 406 g/mol. The van der Waals surface area contributed by atoms with E-state index in [1.165, 1.54) is 50.8 Å². The smallest absolute Gasteiger partial charge is 0.216 e. The second kappa shape index (κ2) is 8.68. The summed E-state index contributed by atoms with van der Waals surface area (Å²) in [6.45, 7) is 9.12. The number of thioether (sulfide) groups is 1. The molecule has 4 nitrogen and oxygen atoms in total. The van der Waals surface area contributed by atoms with Gasteiger partial charge in [0.25, 0.3) is 0 Å². The Morgan fingerprint density at radius 1 is 1.16 bits per heavy atom. The minimum absolute atomic E-state index is 0.0374. The summed E-state index contributed by atoms with van der Waals surface area (Å²) >= 11 is 1.39. The third kappa shape index (κ3) is 4.05. The minimum atomic E-state index is -0.0374. The van der Waals surface area contributed by atoms with Gasteiger partial charge in [0.15, 0.2) is 10.9 Å². The number of hydrogen-bond acceptors (Lipinski definition) is 4. The first kappa shape index (κ1) is 23.1. The summed E-state index contributed by atoms with van der Waals surface area (Å²) in [5.74, 6) is 4.12. The molecule has 0 spiro atoms. The molecule has 0 aromatic rings. The number of hydrogen-bond donors (Lipinski definition) is 1. The highest BCUT2D eigenvalue weighted by molar-refractivity contribution is 8.13. The van der Waals surface area contributed by atoms with Crippen LogP contribution in [0.3, 0.4) is 0 Å². The zero-order valence-corrected chi connectivity index (χ0v) is 20.4. The molecule has 3 fully saturated rings. The van der Waals surface area contributed by atoms with Crippen molar-refractivity contribution >= 4 is 28.6 Å². The van der Waals surface area contributed by atoms with Crippen molar-refractivity contribution in [2.45, 2.75) is 72.6 Å². The van der Waals surface area contributed by atoms with E-state index in [4.69, 9.17) is 0 Å². The molecular formula is C26H39NO3S. The maximum absolute atomic E-state index is 13.0. The second-order valence-corrected chi connectivity index (χ2v) is 12.3. The van der Waals surface area contributed by atoms with Gasteiger partial charge in [-0.25, -0.2) is 0 Å². The van der Waals surface area contributed by atoms with Gasteiger partial charge in [0.05, 0.1) is 0 Å². The molecule has 1 amide bonds. The molecule has 4 aliphatic rings. The van der Waals surface area contributed by atoms with Crippen LogP contribution in [0.2, 0.25) is 0 Å². The Kier molecular flexibility index (Phi) is 6.46. The molecule has 0 radical (unpaired) electrons. The number of allylic oxidation sites excluding steroid dienone is 2. The third-order valence-electron chi connectivity index (χ3n) is 9.81. The highest BCUT2D eigenvalue weighted by Crippen LogP contribution is 2.67. The van der Waals surface area contributed by atoms with E-state index in [-0.39, 0.29) is 22.7 Å². The first-order chi connectivity index (χ1) is 14.7. The number of rotatable bonds is 5. The van der Waals surface area contributed by atoms with Crippen molar-refractivity contribution in [2.75, 3.05) is 12.3 Å². The molecule has 0 aliphatic heterocycles. The normalized spacial score (nSPS) is 42.3. The summed E-state index contributed by atoms with van der Waals surface area (Å²) in [6, 6.07) is 0. The summed E-state index contributed by atoms with van der Waals surface area (Å²) in [7, 11) is 0. The lowest BCUT2D eigenvalue weighted by atomic mass is 9.45. The van der Waals surface area contributed by atoms with Gasteiger partial charge in [0.1, 0.15) is 0 Å². The summed E-state index contributed by atoms with van der Waals surface area (Å²) in [5, 5.41) is 3.08. The summed E-state index contributed by atoms with van der Waals surface area (Å²) in [5.41, 5.74) is 0.434. The number of carbonyl (C=O) groups is 3. The SMILES string of the molecule is CC(=O)NCCSC(=O)[C@@H](C)[C@H]1CC[C@H]2[C@@H]3CC[C@H]4CC(=O)C=C[C@]4(C)[C@H]3CC[C@@]12C. The molecule has 0 heterocycles. The van der Waals surface area contributed by atoms with Crippen molar-refractivity contribution in [1.29, 1.82) is 0 Å². The Hall–Kier alpha value is -1.10. The molecule has 31 heavy (non-hydrogen) atoms. The topological polar surface area (TPSA) is 63.2 Å². The van der Waals surface area contributed by atoms with Crippen LogP contribution in [-0.4, -0.2) is 29.1 Å². The molecule has 4 aliphatic carbocycles. The van der Waals surface area contributed by atoms with Crippen molar-refractivity contribution in [3.05, 3.63) is 12.2 Å². The zero-order chi connectivity index (χ0) is 22.4. The first-order valence-electron chi connectivity index (χ1n) is 12.3. The van der Waals surface area contributed by atoms with E-state index in [0.29, 0.717) is 46.9 Å². The van der Waals surface area contributed by atoms with Gasteiger partial charge in [-0.05, 0) is 85.0 Å². The van der Waals surface area contributed by atoms with Crippen molar-refractivity contribution in [3.63, 3.8) is 0 Å². The molecule has 172 valence electrons. The van der Waals surface area contributed by atoms with Gasteiger partial charge in [0, 0.05) is 31.6 Å². The number of amides is 1. The largest absolute Gasteiger partial charge is 0.356 e. The number of nitrogens with one attached hydrogen (secondary N) is 1. The van der Waals surface area contributed by atoms with E-state index in [2.05, 4.69) is 32.2 Å². The number of fused-ring (bicyclic) bond motifs is 5. The number of ketones is 1. The Balaban J connectivity index is 1.44. The zero-order valence-electron chi connectivity index (χ0n) is 19.6. The van der Waals surface area contributed by atoms with Crippen LogP contribution < -0.4 is 5.32 Å². The van der Waals surface area contributed by atoms with Crippen LogP contribution in [0.4, 0.5) is 0 Å². The lowest BCUT2D eigenvalue weighted by Gasteiger charge is -2.59. The van der Waals surface area contributed by atoms with E-state index in [9.17, 15) is 14.4 Å². The molecule has 4 rings (SSSR count). The van der Waals surface area contributed by atoms with Crippen LogP contribution in [0, 0.1) is 46.3 Å². The lowest BCUT2D eigenvalue weighted by Crippen LogP contribution is -2.52. The molecule has 3 saturated carbocycles. The quantitative estimate of drug-likeness (QED) is 0.603. The fraction of sp³-hybridized carbons (Fsp3) is 0.808. The summed E-state index contributed by atoms with van der Waals surface area (Å²) < 4.78 is 0. The fourth-order valence-corrected chi connectivity index (χ4v) is 9.00. The predicted molar refractivity (Wildman–Crippen MR) is 125 cm³/mol. The standard InChI is InChI=1S/C26H39NO3S/c1-16(24(30)31-14-13-27-17(2)28)21-7-8-22-20-6-5-18-15-19(29)9-11-25(18,3)23(20)10-12-26(21,22)4/h9,11,16,18,20-23H,5-8,10,12-15H2,1-4H3,(H,27,28)/t16-,18-,20-,21+,22-,23-,25-,26-/m0/s1. The van der Waals surface area contributed by atoms with Crippen LogP contribution in [0.25, 0.3) is 0 Å². The Bertz CT molecular complexity index is 779. The first-order valence-corrected chi connectivity index (χ1v) is 13.3. The molecule has 0 unspecified atom stereocenters. The van der Waals surface area contributed by atoms with Gasteiger partial charge in [-0.3, -0.25) is 14.4 Å². The van der Waals surface area contributed by atoms with Gasteiger partial charge >= 0.3 is 0 Å². The van der Waals surface area contributed by atoms with E-state index in [1.54, 1.807) is 0 Å². The van der Waals surface area contributed by atoms with Crippen molar-refractivity contribution < 1.29 is 14.4 Å². The maximum atomic E-state index is 13.0. The van der Waals surface area contributed by atoms with Crippen molar-refractivity contribution in [1.82, 2.24) is 5.32 Å². The molecule has 8 atom stereocenters. The molecule has 0 aromatic carbocycles. The molecule has 0 saturated heterocycles. The third-order valence-corrected chi connectivity index (χ3v) is 10.9. The van der Waals surface area contributed by atoms with Gasteiger partial charge < -0.3 is 5.32 Å². The summed E-state index contributed by atoms with van der Waals surface area (Å²) in [6.07, 6.45) is 12.2. The molecule has 0 aromatic heterocycles. The second-order valence-electron chi connectivity index (χ2n) is 11.2. The average molecular weight is 446 g/mol.